The molecule has 10 heteroatoms. The smallest absolute Gasteiger partial charge is 0.273 e. The van der Waals surface area contributed by atoms with Gasteiger partial charge in [0.1, 0.15) is 5.69 Å². The minimum Gasteiger partial charge on any atom is -0.454 e. The number of nitrogens with one attached hydrogen (secondary N) is 2. The van der Waals surface area contributed by atoms with Crippen molar-refractivity contribution in [3.63, 3.8) is 0 Å². The highest BCUT2D eigenvalue weighted by Gasteiger charge is 2.14. The van der Waals surface area contributed by atoms with Crippen molar-refractivity contribution in [3.8, 4) is 22.9 Å². The molecular formula is C20H16F2N4O4. The summed E-state index contributed by atoms with van der Waals surface area (Å²) >= 11 is 0. The van der Waals surface area contributed by atoms with Gasteiger partial charge < -0.3 is 19.8 Å². The molecule has 0 spiro atoms. The van der Waals surface area contributed by atoms with Crippen LogP contribution in [-0.2, 0) is 17.8 Å². The van der Waals surface area contributed by atoms with E-state index in [1.54, 1.807) is 12.1 Å². The van der Waals surface area contributed by atoms with Crippen molar-refractivity contribution in [2.75, 3.05) is 6.79 Å². The predicted octanol–water partition coefficient (Wildman–Crippen LogP) is 2.09. The minimum atomic E-state index is -1.06. The summed E-state index contributed by atoms with van der Waals surface area (Å²) in [5.74, 6) is -1.02. The Morgan fingerprint density at radius 3 is 2.70 bits per heavy atom. The van der Waals surface area contributed by atoms with Gasteiger partial charge in [-0.1, -0.05) is 6.07 Å². The summed E-state index contributed by atoms with van der Waals surface area (Å²) in [7, 11) is 0. The normalized spacial score (nSPS) is 12.1. The van der Waals surface area contributed by atoms with E-state index in [1.807, 2.05) is 6.07 Å². The molecule has 0 bridgehead atoms. The highest BCUT2D eigenvalue weighted by Crippen LogP contribution is 2.32. The average molecular weight is 414 g/mol. The van der Waals surface area contributed by atoms with Crippen molar-refractivity contribution >= 4 is 5.91 Å². The van der Waals surface area contributed by atoms with Crippen LogP contribution in [0, 0.1) is 11.6 Å². The lowest BCUT2D eigenvalue weighted by Crippen LogP contribution is -2.25. The van der Waals surface area contributed by atoms with Crippen LogP contribution in [0.5, 0.6) is 11.5 Å². The third kappa shape index (κ3) is 4.27. The monoisotopic (exact) mass is 414 g/mol. The molecule has 0 saturated carbocycles. The number of amides is 1. The second-order valence-electron chi connectivity index (χ2n) is 6.54. The van der Waals surface area contributed by atoms with Crippen molar-refractivity contribution < 1.29 is 23.0 Å². The molecule has 2 N–H and O–H groups in total. The predicted molar refractivity (Wildman–Crippen MR) is 101 cm³/mol. The largest absolute Gasteiger partial charge is 0.454 e. The number of fused-ring (bicyclic) bond motifs is 1. The van der Waals surface area contributed by atoms with Crippen molar-refractivity contribution in [2.45, 2.75) is 19.4 Å². The van der Waals surface area contributed by atoms with Gasteiger partial charge in [0.15, 0.2) is 29.0 Å². The van der Waals surface area contributed by atoms with E-state index in [0.29, 0.717) is 18.0 Å². The van der Waals surface area contributed by atoms with Gasteiger partial charge >= 0.3 is 0 Å². The second kappa shape index (κ2) is 8.27. The van der Waals surface area contributed by atoms with Gasteiger partial charge in [-0.05, 0) is 35.9 Å². The lowest BCUT2D eigenvalue weighted by molar-refractivity contribution is -0.121. The van der Waals surface area contributed by atoms with Gasteiger partial charge in [-0.25, -0.2) is 8.78 Å². The van der Waals surface area contributed by atoms with Gasteiger partial charge in [0.25, 0.3) is 5.56 Å². The van der Waals surface area contributed by atoms with E-state index >= 15 is 0 Å². The summed E-state index contributed by atoms with van der Waals surface area (Å²) in [5.41, 5.74) is 0.556. The summed E-state index contributed by atoms with van der Waals surface area (Å²) in [6.07, 6.45) is 0.111. The number of hydrogen-bond acceptors (Lipinski definition) is 6. The molecule has 1 aliphatic rings. The first kappa shape index (κ1) is 19.5. The van der Waals surface area contributed by atoms with E-state index in [0.717, 1.165) is 17.7 Å². The van der Waals surface area contributed by atoms with Gasteiger partial charge in [-0.15, -0.1) is 10.2 Å². The Hall–Kier alpha value is -3.82. The third-order valence-electron chi connectivity index (χ3n) is 4.47. The first-order chi connectivity index (χ1) is 14.5. The molecule has 8 nitrogen and oxygen atoms in total. The SMILES string of the molecule is O=C(CCc1nnc(-c2ccc(F)c(F)c2)[nH]c1=O)NCc1ccc2c(c1)OCO2. The first-order valence-electron chi connectivity index (χ1n) is 9.06. The van der Waals surface area contributed by atoms with E-state index in [-0.39, 0.29) is 42.6 Å². The minimum absolute atomic E-state index is 0.00918. The fraction of sp³-hybridized carbons (Fsp3) is 0.200. The summed E-state index contributed by atoms with van der Waals surface area (Å²) < 4.78 is 36.9. The number of benzene rings is 2. The van der Waals surface area contributed by atoms with Crippen LogP contribution in [0.3, 0.4) is 0 Å². The summed E-state index contributed by atoms with van der Waals surface area (Å²) in [5, 5.41) is 10.4. The maximum atomic E-state index is 13.3. The number of ether oxygens (including phenoxy) is 2. The fourth-order valence-electron chi connectivity index (χ4n) is 2.87. The highest BCUT2D eigenvalue weighted by atomic mass is 19.2. The Morgan fingerprint density at radius 2 is 1.90 bits per heavy atom. The number of H-pyrrole nitrogens is 1. The van der Waals surface area contributed by atoms with Gasteiger partial charge in [0.2, 0.25) is 12.7 Å². The van der Waals surface area contributed by atoms with Crippen LogP contribution in [0.2, 0.25) is 0 Å². The van der Waals surface area contributed by atoms with Gasteiger partial charge in [-0.3, -0.25) is 9.59 Å². The molecule has 0 radical (unpaired) electrons. The molecule has 1 aliphatic heterocycles. The third-order valence-corrected chi connectivity index (χ3v) is 4.47. The van der Waals surface area contributed by atoms with Crippen LogP contribution in [0.1, 0.15) is 17.7 Å². The van der Waals surface area contributed by atoms with E-state index in [1.165, 1.54) is 6.07 Å². The molecular weight excluding hydrogens is 398 g/mol. The van der Waals surface area contributed by atoms with Gasteiger partial charge in [-0.2, -0.15) is 0 Å². The maximum Gasteiger partial charge on any atom is 0.273 e. The van der Waals surface area contributed by atoms with Crippen molar-refractivity contribution in [2.24, 2.45) is 0 Å². The number of carbonyl (C=O) groups excluding carboxylic acids is 1. The van der Waals surface area contributed by atoms with E-state index in [4.69, 9.17) is 9.47 Å². The van der Waals surface area contributed by atoms with Crippen molar-refractivity contribution in [1.82, 2.24) is 20.5 Å². The number of aromatic amines is 1. The number of nitrogens with zero attached hydrogens (tertiary/aromatic N) is 2. The van der Waals surface area contributed by atoms with E-state index in [9.17, 15) is 18.4 Å². The molecule has 2 heterocycles. The topological polar surface area (TPSA) is 106 Å². The molecule has 0 aliphatic carbocycles. The summed E-state index contributed by atoms with van der Waals surface area (Å²) in [6.45, 7) is 0.474. The molecule has 1 aromatic heterocycles. The van der Waals surface area contributed by atoms with Crippen LogP contribution >= 0.6 is 0 Å². The highest BCUT2D eigenvalue weighted by molar-refractivity contribution is 5.76. The maximum absolute atomic E-state index is 13.3. The van der Waals surface area contributed by atoms with Crippen molar-refractivity contribution in [3.05, 3.63) is 69.6 Å². The zero-order valence-corrected chi connectivity index (χ0v) is 15.6. The van der Waals surface area contributed by atoms with Crippen molar-refractivity contribution in [1.29, 1.82) is 0 Å². The number of aromatic nitrogens is 3. The number of halogens is 2. The molecule has 0 fully saturated rings. The van der Waals surface area contributed by atoms with Crippen LogP contribution in [0.4, 0.5) is 8.78 Å². The van der Waals surface area contributed by atoms with Crippen LogP contribution in [0.25, 0.3) is 11.4 Å². The zero-order valence-electron chi connectivity index (χ0n) is 15.6. The number of carbonyl (C=O) groups is 1. The second-order valence-corrected chi connectivity index (χ2v) is 6.54. The molecule has 154 valence electrons. The Bertz CT molecular complexity index is 1170. The van der Waals surface area contributed by atoms with Crippen LogP contribution in [0.15, 0.2) is 41.2 Å². The zero-order chi connectivity index (χ0) is 21.1. The molecule has 30 heavy (non-hydrogen) atoms. The molecule has 0 unspecified atom stereocenters. The molecule has 3 aromatic rings. The molecule has 4 rings (SSSR count). The van der Waals surface area contributed by atoms with Crippen LogP contribution in [-0.4, -0.2) is 27.9 Å². The number of aryl methyl sites for hydroxylation is 1. The molecule has 0 atom stereocenters. The van der Waals surface area contributed by atoms with Crippen LogP contribution < -0.4 is 20.3 Å². The summed E-state index contributed by atoms with van der Waals surface area (Å²) in [4.78, 5) is 26.7. The number of rotatable bonds is 6. The fourth-order valence-corrected chi connectivity index (χ4v) is 2.87. The lowest BCUT2D eigenvalue weighted by Gasteiger charge is -2.06. The van der Waals surface area contributed by atoms with E-state index < -0.39 is 17.2 Å². The Labute approximate surface area is 168 Å². The standard InChI is InChI=1S/C20H16F2N4O4/c21-13-3-2-12(8-14(13)22)19-24-20(28)15(25-26-19)4-6-18(27)23-9-11-1-5-16-17(7-11)30-10-29-16/h1-3,5,7-8H,4,6,9-10H2,(H,23,27)(H,24,26,28). The molecule has 2 aromatic carbocycles. The number of hydrogen-bond donors (Lipinski definition) is 2. The lowest BCUT2D eigenvalue weighted by atomic mass is 10.2. The average Bonchev–Trinajstić information content (AvgIpc) is 3.21. The Kier molecular flexibility index (Phi) is 5.38. The Balaban J connectivity index is 1.33. The molecule has 0 saturated heterocycles. The van der Waals surface area contributed by atoms with Gasteiger partial charge in [0, 0.05) is 24.9 Å². The first-order valence-corrected chi connectivity index (χ1v) is 9.06. The Morgan fingerprint density at radius 1 is 1.07 bits per heavy atom. The summed E-state index contributed by atoms with van der Waals surface area (Å²) in [6, 6.07) is 8.51. The quantitative estimate of drug-likeness (QED) is 0.640. The van der Waals surface area contributed by atoms with E-state index in [2.05, 4.69) is 20.5 Å². The molecule has 1 amide bonds. The van der Waals surface area contributed by atoms with Gasteiger partial charge in [0.05, 0.1) is 0 Å².